The van der Waals surface area contributed by atoms with E-state index in [1.807, 2.05) is 30.8 Å². The van der Waals surface area contributed by atoms with Crippen LogP contribution in [0.3, 0.4) is 0 Å². The number of rotatable bonds is 4. The van der Waals surface area contributed by atoms with Crippen LogP contribution in [0.15, 0.2) is 33.6 Å². The summed E-state index contributed by atoms with van der Waals surface area (Å²) in [6.07, 6.45) is 0. The van der Waals surface area contributed by atoms with Gasteiger partial charge in [-0.25, -0.2) is 4.79 Å². The zero-order chi connectivity index (χ0) is 14.0. The highest BCUT2D eigenvalue weighted by Crippen LogP contribution is 2.30. The first-order valence-corrected chi connectivity index (χ1v) is 7.41. The van der Waals surface area contributed by atoms with E-state index in [1.165, 1.54) is 11.8 Å². The van der Waals surface area contributed by atoms with Crippen LogP contribution in [0.1, 0.15) is 21.7 Å². The first-order chi connectivity index (χ1) is 9.00. The number of aromatic carboxylic acids is 1. The minimum absolute atomic E-state index is 0.336. The van der Waals surface area contributed by atoms with Gasteiger partial charge in [-0.05, 0) is 35.0 Å². The van der Waals surface area contributed by atoms with Crippen LogP contribution in [-0.4, -0.2) is 20.9 Å². The number of aromatic nitrogens is 2. The molecule has 2 aromatic rings. The lowest BCUT2D eigenvalue weighted by molar-refractivity contribution is 0.0693. The molecule has 1 aromatic carbocycles. The second-order valence-electron chi connectivity index (χ2n) is 4.06. The van der Waals surface area contributed by atoms with Crippen molar-refractivity contribution < 1.29 is 9.90 Å². The van der Waals surface area contributed by atoms with Crippen LogP contribution < -0.4 is 0 Å². The van der Waals surface area contributed by atoms with E-state index in [-0.39, 0.29) is 0 Å². The zero-order valence-electron chi connectivity index (χ0n) is 10.6. The lowest BCUT2D eigenvalue weighted by Gasteiger charge is -2.06. The molecule has 100 valence electrons. The van der Waals surface area contributed by atoms with Crippen molar-refractivity contribution in [2.45, 2.75) is 17.6 Å². The molecule has 0 atom stereocenters. The maximum absolute atomic E-state index is 11.1. The van der Waals surface area contributed by atoms with E-state index in [9.17, 15) is 4.79 Å². The predicted octanol–water partition coefficient (Wildman–Crippen LogP) is 3.48. The summed E-state index contributed by atoms with van der Waals surface area (Å²) in [6.45, 7) is 1.93. The van der Waals surface area contributed by atoms with Crippen LogP contribution in [0.4, 0.5) is 0 Å². The Balaban J connectivity index is 2.22. The van der Waals surface area contributed by atoms with E-state index in [0.717, 1.165) is 20.8 Å². The molecule has 1 N–H and O–H groups in total. The fraction of sp³-hybridized carbons (Fsp3) is 0.231. The number of hydrogen-bond donors (Lipinski definition) is 1. The Morgan fingerprint density at radius 2 is 2.16 bits per heavy atom. The smallest absolute Gasteiger partial charge is 0.336 e. The molecule has 0 aliphatic rings. The third kappa shape index (κ3) is 3.01. The molecular formula is C13H13BrN2O2S. The number of halogens is 1. The Kier molecular flexibility index (Phi) is 4.31. The molecule has 0 bridgehead atoms. The summed E-state index contributed by atoms with van der Waals surface area (Å²) in [5, 5.41) is 13.5. The lowest BCUT2D eigenvalue weighted by atomic mass is 10.2. The Bertz CT molecular complexity index is 625. The summed E-state index contributed by atoms with van der Waals surface area (Å²) in [5.74, 6) is -0.231. The van der Waals surface area contributed by atoms with E-state index in [1.54, 1.807) is 12.1 Å². The van der Waals surface area contributed by atoms with E-state index < -0.39 is 5.97 Å². The van der Waals surface area contributed by atoms with Crippen LogP contribution in [0, 0.1) is 6.92 Å². The van der Waals surface area contributed by atoms with Gasteiger partial charge in [0, 0.05) is 17.7 Å². The molecule has 19 heavy (non-hydrogen) atoms. The summed E-state index contributed by atoms with van der Waals surface area (Å²) >= 11 is 5.01. The monoisotopic (exact) mass is 340 g/mol. The second-order valence-corrected chi connectivity index (χ2v) is 5.87. The van der Waals surface area contributed by atoms with Gasteiger partial charge >= 0.3 is 5.97 Å². The summed E-state index contributed by atoms with van der Waals surface area (Å²) < 4.78 is 2.80. The minimum atomic E-state index is -0.900. The number of carbonyl (C=O) groups is 1. The average molecular weight is 341 g/mol. The lowest BCUT2D eigenvalue weighted by Crippen LogP contribution is -2.00. The Hall–Kier alpha value is -1.27. The molecule has 0 radical (unpaired) electrons. The maximum atomic E-state index is 11.1. The number of thioether (sulfide) groups is 1. The number of nitrogens with zero attached hydrogens (tertiary/aromatic N) is 2. The van der Waals surface area contributed by atoms with Crippen LogP contribution in [-0.2, 0) is 12.8 Å². The SMILES string of the molecule is Cc1nn(C)c(CSc2ccccc2C(=O)O)c1Br. The van der Waals surface area contributed by atoms with E-state index in [2.05, 4.69) is 21.0 Å². The Labute approximate surface area is 124 Å². The van der Waals surface area contributed by atoms with Crippen LogP contribution in [0.5, 0.6) is 0 Å². The maximum Gasteiger partial charge on any atom is 0.336 e. The molecule has 4 nitrogen and oxygen atoms in total. The van der Waals surface area contributed by atoms with Gasteiger partial charge in [-0.2, -0.15) is 5.10 Å². The van der Waals surface area contributed by atoms with Crippen molar-refractivity contribution in [3.05, 3.63) is 45.7 Å². The number of benzene rings is 1. The van der Waals surface area contributed by atoms with Gasteiger partial charge in [0.1, 0.15) is 0 Å². The molecule has 6 heteroatoms. The van der Waals surface area contributed by atoms with Crippen molar-refractivity contribution in [1.82, 2.24) is 9.78 Å². The highest BCUT2D eigenvalue weighted by atomic mass is 79.9. The Morgan fingerprint density at radius 3 is 2.74 bits per heavy atom. The van der Waals surface area contributed by atoms with Crippen LogP contribution in [0.25, 0.3) is 0 Å². The first kappa shape index (κ1) is 14.1. The van der Waals surface area contributed by atoms with Gasteiger partial charge in [-0.15, -0.1) is 11.8 Å². The van der Waals surface area contributed by atoms with E-state index >= 15 is 0 Å². The van der Waals surface area contributed by atoms with Crippen molar-refractivity contribution in [3.8, 4) is 0 Å². The van der Waals surface area contributed by atoms with Gasteiger partial charge in [0.15, 0.2) is 0 Å². The highest BCUT2D eigenvalue weighted by Gasteiger charge is 2.13. The standard InChI is InChI=1S/C13H13BrN2O2S/c1-8-12(14)10(16(2)15-8)7-19-11-6-4-3-5-9(11)13(17)18/h3-6H,7H2,1-2H3,(H,17,18). The summed E-state index contributed by atoms with van der Waals surface area (Å²) in [7, 11) is 1.89. The van der Waals surface area contributed by atoms with Gasteiger partial charge < -0.3 is 5.11 Å². The van der Waals surface area contributed by atoms with E-state index in [0.29, 0.717) is 11.3 Å². The van der Waals surface area contributed by atoms with Gasteiger partial charge in [-0.1, -0.05) is 12.1 Å². The minimum Gasteiger partial charge on any atom is -0.478 e. The Morgan fingerprint density at radius 1 is 1.47 bits per heavy atom. The van der Waals surface area contributed by atoms with Crippen molar-refractivity contribution in [1.29, 1.82) is 0 Å². The molecule has 0 aliphatic carbocycles. The topological polar surface area (TPSA) is 55.1 Å². The number of carboxylic acid groups (broad SMARTS) is 1. The fourth-order valence-corrected chi connectivity index (χ4v) is 3.52. The molecule has 1 aromatic heterocycles. The molecule has 1 heterocycles. The second kappa shape index (κ2) is 5.79. The van der Waals surface area contributed by atoms with Crippen LogP contribution >= 0.6 is 27.7 Å². The third-order valence-electron chi connectivity index (χ3n) is 2.74. The van der Waals surface area contributed by atoms with Gasteiger partial charge in [-0.3, -0.25) is 4.68 Å². The molecule has 0 unspecified atom stereocenters. The summed E-state index contributed by atoms with van der Waals surface area (Å²) in [6, 6.07) is 7.02. The van der Waals surface area contributed by atoms with Gasteiger partial charge in [0.05, 0.1) is 21.4 Å². The first-order valence-electron chi connectivity index (χ1n) is 5.63. The predicted molar refractivity (Wildman–Crippen MR) is 78.6 cm³/mol. The zero-order valence-corrected chi connectivity index (χ0v) is 13.0. The average Bonchev–Trinajstić information content (AvgIpc) is 2.61. The molecule has 0 fully saturated rings. The number of aryl methyl sites for hydroxylation is 2. The van der Waals surface area contributed by atoms with Crippen molar-refractivity contribution in [2.75, 3.05) is 0 Å². The molecule has 0 aliphatic heterocycles. The van der Waals surface area contributed by atoms with Gasteiger partial charge in [0.25, 0.3) is 0 Å². The normalized spacial score (nSPS) is 10.7. The van der Waals surface area contributed by atoms with Crippen molar-refractivity contribution in [2.24, 2.45) is 7.05 Å². The van der Waals surface area contributed by atoms with Crippen molar-refractivity contribution >= 4 is 33.7 Å². The number of carboxylic acids is 1. The quantitative estimate of drug-likeness (QED) is 0.865. The summed E-state index contributed by atoms with van der Waals surface area (Å²) in [4.78, 5) is 11.9. The molecule has 2 rings (SSSR count). The van der Waals surface area contributed by atoms with Gasteiger partial charge in [0.2, 0.25) is 0 Å². The van der Waals surface area contributed by atoms with E-state index in [4.69, 9.17) is 5.11 Å². The number of hydrogen-bond acceptors (Lipinski definition) is 3. The molecule has 0 saturated heterocycles. The molecule has 0 amide bonds. The molecule has 0 spiro atoms. The largest absolute Gasteiger partial charge is 0.478 e. The molecular weight excluding hydrogens is 328 g/mol. The summed E-state index contributed by atoms with van der Waals surface area (Å²) in [5.41, 5.74) is 2.31. The van der Waals surface area contributed by atoms with Crippen LogP contribution in [0.2, 0.25) is 0 Å². The highest BCUT2D eigenvalue weighted by molar-refractivity contribution is 9.10. The molecule has 0 saturated carbocycles. The third-order valence-corrected chi connectivity index (χ3v) is 4.86. The van der Waals surface area contributed by atoms with Crippen molar-refractivity contribution in [3.63, 3.8) is 0 Å². The fourth-order valence-electron chi connectivity index (χ4n) is 1.75.